The number of carbonyl (C=O) groups is 2. The van der Waals surface area contributed by atoms with Crippen molar-refractivity contribution < 1.29 is 24.2 Å². The second kappa shape index (κ2) is 9.69. The van der Waals surface area contributed by atoms with Crippen LogP contribution in [0.15, 0.2) is 24.3 Å². The van der Waals surface area contributed by atoms with Crippen LogP contribution in [0.25, 0.3) is 0 Å². The van der Waals surface area contributed by atoms with Gasteiger partial charge in [0.15, 0.2) is 0 Å². The summed E-state index contributed by atoms with van der Waals surface area (Å²) < 4.78 is 11.1. The van der Waals surface area contributed by atoms with E-state index in [9.17, 15) is 14.7 Å². The Bertz CT molecular complexity index is 821. The molecule has 1 saturated heterocycles. The van der Waals surface area contributed by atoms with E-state index in [2.05, 4.69) is 12.2 Å². The fourth-order valence-corrected chi connectivity index (χ4v) is 5.22. The highest BCUT2D eigenvalue weighted by atomic mass is 16.6. The van der Waals surface area contributed by atoms with Crippen molar-refractivity contribution in [3.05, 3.63) is 29.8 Å². The Morgan fingerprint density at radius 3 is 2.59 bits per heavy atom. The van der Waals surface area contributed by atoms with Gasteiger partial charge in [0, 0.05) is 23.6 Å². The summed E-state index contributed by atoms with van der Waals surface area (Å²) in [6.07, 6.45) is 3.47. The van der Waals surface area contributed by atoms with Crippen molar-refractivity contribution in [1.82, 2.24) is 10.2 Å². The molecule has 178 valence electrons. The molecular weight excluding hydrogens is 408 g/mol. The van der Waals surface area contributed by atoms with Gasteiger partial charge in [0.2, 0.25) is 5.91 Å². The molecule has 2 N–H and O–H groups in total. The Labute approximate surface area is 191 Å². The Morgan fingerprint density at radius 1 is 1.22 bits per heavy atom. The maximum absolute atomic E-state index is 13.2. The second-order valence-corrected chi connectivity index (χ2v) is 10.4. The molecule has 0 aromatic heterocycles. The lowest BCUT2D eigenvalue weighted by Crippen LogP contribution is -2.50. The van der Waals surface area contributed by atoms with Gasteiger partial charge in [-0.15, -0.1) is 0 Å². The zero-order valence-electron chi connectivity index (χ0n) is 20.0. The van der Waals surface area contributed by atoms with E-state index in [1.54, 1.807) is 12.0 Å². The van der Waals surface area contributed by atoms with E-state index >= 15 is 0 Å². The zero-order chi connectivity index (χ0) is 23.5. The van der Waals surface area contributed by atoms with Crippen LogP contribution >= 0.6 is 0 Å². The van der Waals surface area contributed by atoms with E-state index in [4.69, 9.17) is 9.47 Å². The number of amides is 2. The molecule has 2 fully saturated rings. The average molecular weight is 447 g/mol. The fourth-order valence-electron chi connectivity index (χ4n) is 5.22. The van der Waals surface area contributed by atoms with Gasteiger partial charge in [-0.05, 0) is 46.1 Å². The number of nitrogens with zero attached hydrogens (tertiary/aromatic N) is 1. The lowest BCUT2D eigenvalue weighted by atomic mass is 9.75. The number of likely N-dealkylation sites (tertiary alicyclic amines) is 1. The number of nitrogens with one attached hydrogen (secondary N) is 1. The standard InChI is InChI=1S/C25H38N2O5/c1-24(2,3)32-23(30)27-18(15-25(4)20(27)12-8-9-13-21(25)28)16-26-22(29)14-17-10-6-7-11-19(17)31-5/h6-7,10-11,18,20-21,28H,8-9,12-16H2,1-5H3,(H,26,29)/t18-,20-,21+,25-/m1/s1. The number of rotatable bonds is 5. The highest BCUT2D eigenvalue weighted by Gasteiger charge is 2.55. The summed E-state index contributed by atoms with van der Waals surface area (Å²) in [5, 5.41) is 13.9. The summed E-state index contributed by atoms with van der Waals surface area (Å²) >= 11 is 0. The topological polar surface area (TPSA) is 88.1 Å². The summed E-state index contributed by atoms with van der Waals surface area (Å²) in [6.45, 7) is 7.96. The maximum Gasteiger partial charge on any atom is 0.410 e. The first-order valence-corrected chi connectivity index (χ1v) is 11.6. The molecule has 1 aliphatic heterocycles. The van der Waals surface area contributed by atoms with Crippen LogP contribution in [0.4, 0.5) is 4.79 Å². The normalized spacial score (nSPS) is 27.9. The highest BCUT2D eigenvalue weighted by molar-refractivity contribution is 5.79. The first-order chi connectivity index (χ1) is 15.0. The van der Waals surface area contributed by atoms with E-state index in [-0.39, 0.29) is 30.5 Å². The minimum absolute atomic E-state index is 0.106. The van der Waals surface area contributed by atoms with Crippen LogP contribution in [-0.2, 0) is 16.0 Å². The minimum atomic E-state index is -0.614. The number of para-hydroxylation sites is 1. The Balaban J connectivity index is 1.75. The molecule has 1 heterocycles. The Kier molecular flexibility index (Phi) is 7.38. The summed E-state index contributed by atoms with van der Waals surface area (Å²) in [7, 11) is 1.59. The van der Waals surface area contributed by atoms with Crippen LogP contribution in [0.1, 0.15) is 65.4 Å². The van der Waals surface area contributed by atoms with E-state index in [0.717, 1.165) is 31.2 Å². The molecule has 7 heteroatoms. The molecule has 1 aromatic carbocycles. The zero-order valence-corrected chi connectivity index (χ0v) is 20.0. The molecule has 1 saturated carbocycles. The third-order valence-electron chi connectivity index (χ3n) is 6.81. The van der Waals surface area contributed by atoms with Crippen molar-refractivity contribution in [1.29, 1.82) is 0 Å². The molecule has 1 aromatic rings. The predicted molar refractivity (Wildman–Crippen MR) is 123 cm³/mol. The van der Waals surface area contributed by atoms with Crippen LogP contribution in [-0.4, -0.2) is 59.5 Å². The Morgan fingerprint density at radius 2 is 1.91 bits per heavy atom. The third-order valence-corrected chi connectivity index (χ3v) is 6.81. The minimum Gasteiger partial charge on any atom is -0.496 e. The average Bonchev–Trinajstić information content (AvgIpc) is 2.93. The van der Waals surface area contributed by atoms with Crippen LogP contribution in [0, 0.1) is 5.41 Å². The third kappa shape index (κ3) is 5.37. The van der Waals surface area contributed by atoms with Crippen LogP contribution < -0.4 is 10.1 Å². The number of aliphatic hydroxyl groups excluding tert-OH is 1. The van der Waals surface area contributed by atoms with Gasteiger partial charge in [0.05, 0.1) is 25.7 Å². The Hall–Kier alpha value is -2.28. The SMILES string of the molecule is COc1ccccc1CC(=O)NC[C@H]1C[C@@]2(C)[C@@H](O)CCCC[C@H]2N1C(=O)OC(C)(C)C. The molecule has 0 unspecified atom stereocenters. The number of ether oxygens (including phenoxy) is 2. The maximum atomic E-state index is 13.2. The number of fused-ring (bicyclic) bond motifs is 1. The first kappa shape index (κ1) is 24.4. The van der Waals surface area contributed by atoms with Crippen LogP contribution in [0.2, 0.25) is 0 Å². The van der Waals surface area contributed by atoms with E-state index in [1.807, 2.05) is 45.0 Å². The van der Waals surface area contributed by atoms with Gasteiger partial charge >= 0.3 is 6.09 Å². The number of aliphatic hydroxyl groups is 1. The highest BCUT2D eigenvalue weighted by Crippen LogP contribution is 2.48. The van der Waals surface area contributed by atoms with Crippen molar-refractivity contribution in [2.24, 2.45) is 5.41 Å². The summed E-state index contributed by atoms with van der Waals surface area (Å²) in [5.41, 5.74) is -0.210. The molecule has 2 aliphatic rings. The number of benzene rings is 1. The molecule has 7 nitrogen and oxygen atoms in total. The van der Waals surface area contributed by atoms with Crippen molar-refractivity contribution in [3.63, 3.8) is 0 Å². The summed E-state index contributed by atoms with van der Waals surface area (Å²) in [4.78, 5) is 27.7. The van der Waals surface area contributed by atoms with E-state index in [0.29, 0.717) is 18.7 Å². The fraction of sp³-hybridized carbons (Fsp3) is 0.680. The van der Waals surface area contributed by atoms with Gasteiger partial charge in [-0.1, -0.05) is 38.0 Å². The van der Waals surface area contributed by atoms with Gasteiger partial charge < -0.3 is 19.9 Å². The molecule has 0 spiro atoms. The van der Waals surface area contributed by atoms with Gasteiger partial charge in [-0.25, -0.2) is 4.79 Å². The molecular formula is C25H38N2O5. The molecule has 4 atom stereocenters. The number of hydrogen-bond acceptors (Lipinski definition) is 5. The first-order valence-electron chi connectivity index (χ1n) is 11.6. The van der Waals surface area contributed by atoms with Crippen LogP contribution in [0.5, 0.6) is 5.75 Å². The van der Waals surface area contributed by atoms with Gasteiger partial charge in [-0.2, -0.15) is 0 Å². The lowest BCUT2D eigenvalue weighted by Gasteiger charge is -2.37. The van der Waals surface area contributed by atoms with Crippen molar-refractivity contribution in [3.8, 4) is 5.75 Å². The van der Waals surface area contributed by atoms with Crippen molar-refractivity contribution >= 4 is 12.0 Å². The molecule has 0 bridgehead atoms. The predicted octanol–water partition coefficient (Wildman–Crippen LogP) is 3.67. The van der Waals surface area contributed by atoms with Gasteiger partial charge in [0.1, 0.15) is 11.4 Å². The molecule has 1 aliphatic carbocycles. The second-order valence-electron chi connectivity index (χ2n) is 10.4. The van der Waals surface area contributed by atoms with E-state index < -0.39 is 17.1 Å². The van der Waals surface area contributed by atoms with Gasteiger partial charge in [0.25, 0.3) is 0 Å². The van der Waals surface area contributed by atoms with Crippen LogP contribution in [0.3, 0.4) is 0 Å². The summed E-state index contributed by atoms with van der Waals surface area (Å²) in [5.74, 6) is 0.549. The van der Waals surface area contributed by atoms with Gasteiger partial charge in [-0.3, -0.25) is 9.69 Å². The number of methoxy groups -OCH3 is 1. The van der Waals surface area contributed by atoms with Crippen molar-refractivity contribution in [2.45, 2.75) is 90.0 Å². The molecule has 2 amide bonds. The molecule has 32 heavy (non-hydrogen) atoms. The smallest absolute Gasteiger partial charge is 0.410 e. The number of carbonyl (C=O) groups excluding carboxylic acids is 2. The summed E-state index contributed by atoms with van der Waals surface area (Å²) in [6, 6.07) is 7.12. The van der Waals surface area contributed by atoms with Crippen molar-refractivity contribution in [2.75, 3.05) is 13.7 Å². The number of hydrogen-bond donors (Lipinski definition) is 2. The largest absolute Gasteiger partial charge is 0.496 e. The van der Waals surface area contributed by atoms with E-state index in [1.165, 1.54) is 0 Å². The monoisotopic (exact) mass is 446 g/mol. The quantitative estimate of drug-likeness (QED) is 0.721. The molecule has 3 rings (SSSR count). The lowest BCUT2D eigenvalue weighted by molar-refractivity contribution is -0.120. The molecule has 0 radical (unpaired) electrons.